The SMILES string of the molecule is COC(=O)C(C(=O)OC)[C@H](C)CC(=O)c1ccccc1. The van der Waals surface area contributed by atoms with Crippen LogP contribution >= 0.6 is 0 Å². The van der Waals surface area contributed by atoms with Crippen LogP contribution in [-0.2, 0) is 19.1 Å². The van der Waals surface area contributed by atoms with E-state index in [2.05, 4.69) is 9.47 Å². The lowest BCUT2D eigenvalue weighted by atomic mass is 9.88. The number of esters is 2. The van der Waals surface area contributed by atoms with Crippen molar-refractivity contribution in [2.45, 2.75) is 13.3 Å². The molecule has 1 aromatic rings. The second-order valence-corrected chi connectivity index (χ2v) is 4.49. The summed E-state index contributed by atoms with van der Waals surface area (Å²) in [5, 5.41) is 0. The summed E-state index contributed by atoms with van der Waals surface area (Å²) >= 11 is 0. The maximum Gasteiger partial charge on any atom is 0.320 e. The summed E-state index contributed by atoms with van der Waals surface area (Å²) in [5.74, 6) is -3.09. The zero-order chi connectivity index (χ0) is 15.1. The first kappa shape index (κ1) is 15.9. The molecule has 0 unspecified atom stereocenters. The van der Waals surface area contributed by atoms with Crippen molar-refractivity contribution in [2.24, 2.45) is 11.8 Å². The van der Waals surface area contributed by atoms with Crippen molar-refractivity contribution >= 4 is 17.7 Å². The van der Waals surface area contributed by atoms with Gasteiger partial charge in [0, 0.05) is 12.0 Å². The third kappa shape index (κ3) is 3.91. The van der Waals surface area contributed by atoms with Gasteiger partial charge in [-0.25, -0.2) is 0 Å². The highest BCUT2D eigenvalue weighted by molar-refractivity contribution is 5.99. The van der Waals surface area contributed by atoms with Crippen LogP contribution < -0.4 is 0 Å². The Morgan fingerprint density at radius 1 is 1.00 bits per heavy atom. The van der Waals surface area contributed by atoms with Gasteiger partial charge in [0.05, 0.1) is 14.2 Å². The van der Waals surface area contributed by atoms with Crippen LogP contribution in [0.25, 0.3) is 0 Å². The monoisotopic (exact) mass is 278 g/mol. The molecule has 1 aromatic carbocycles. The van der Waals surface area contributed by atoms with Crippen molar-refractivity contribution in [1.82, 2.24) is 0 Å². The van der Waals surface area contributed by atoms with Crippen molar-refractivity contribution in [1.29, 1.82) is 0 Å². The van der Waals surface area contributed by atoms with Gasteiger partial charge < -0.3 is 9.47 Å². The first-order valence-electron chi connectivity index (χ1n) is 6.25. The maximum atomic E-state index is 12.1. The van der Waals surface area contributed by atoms with Crippen LogP contribution in [-0.4, -0.2) is 31.9 Å². The Hall–Kier alpha value is -2.17. The molecule has 5 heteroatoms. The topological polar surface area (TPSA) is 69.7 Å². The second kappa shape index (κ2) is 7.43. The standard InChI is InChI=1S/C15H18O5/c1-10(13(14(17)19-2)15(18)20-3)9-12(16)11-7-5-4-6-8-11/h4-8,10,13H,9H2,1-3H3/t10-/m1/s1. The van der Waals surface area contributed by atoms with E-state index in [1.165, 1.54) is 14.2 Å². The lowest BCUT2D eigenvalue weighted by molar-refractivity contribution is -0.161. The van der Waals surface area contributed by atoms with Gasteiger partial charge in [-0.15, -0.1) is 0 Å². The number of carbonyl (C=O) groups is 3. The Labute approximate surface area is 117 Å². The first-order chi connectivity index (χ1) is 9.51. The molecule has 0 saturated carbocycles. The number of hydrogen-bond acceptors (Lipinski definition) is 5. The van der Waals surface area contributed by atoms with E-state index in [1.54, 1.807) is 31.2 Å². The Morgan fingerprint density at radius 3 is 1.95 bits per heavy atom. The van der Waals surface area contributed by atoms with Gasteiger partial charge in [-0.1, -0.05) is 37.3 Å². The molecule has 20 heavy (non-hydrogen) atoms. The number of ketones is 1. The van der Waals surface area contributed by atoms with E-state index < -0.39 is 23.8 Å². The molecular weight excluding hydrogens is 260 g/mol. The number of hydrogen-bond donors (Lipinski definition) is 0. The summed E-state index contributed by atoms with van der Waals surface area (Å²) in [4.78, 5) is 35.4. The van der Waals surface area contributed by atoms with E-state index in [1.807, 2.05) is 6.07 Å². The van der Waals surface area contributed by atoms with Crippen molar-refractivity contribution in [3.05, 3.63) is 35.9 Å². The lowest BCUT2D eigenvalue weighted by Crippen LogP contribution is -2.33. The largest absolute Gasteiger partial charge is 0.468 e. The number of Topliss-reactive ketones (excluding diaryl/α,β-unsaturated/α-hetero) is 1. The molecule has 1 atom stereocenters. The van der Waals surface area contributed by atoms with Gasteiger partial charge in [-0.05, 0) is 5.92 Å². The zero-order valence-corrected chi connectivity index (χ0v) is 11.8. The zero-order valence-electron chi connectivity index (χ0n) is 11.8. The quantitative estimate of drug-likeness (QED) is 0.451. The van der Waals surface area contributed by atoms with E-state index in [9.17, 15) is 14.4 Å². The van der Waals surface area contributed by atoms with Gasteiger partial charge in [-0.3, -0.25) is 14.4 Å². The molecule has 0 N–H and O–H groups in total. The van der Waals surface area contributed by atoms with Crippen molar-refractivity contribution in [3.63, 3.8) is 0 Å². The molecule has 108 valence electrons. The van der Waals surface area contributed by atoms with E-state index in [-0.39, 0.29) is 12.2 Å². The average Bonchev–Trinajstić information content (AvgIpc) is 2.47. The van der Waals surface area contributed by atoms with Crippen LogP contribution in [0.5, 0.6) is 0 Å². The fourth-order valence-corrected chi connectivity index (χ4v) is 1.97. The highest BCUT2D eigenvalue weighted by Gasteiger charge is 2.35. The summed E-state index contributed by atoms with van der Waals surface area (Å²) in [6.07, 6.45) is 0.0683. The summed E-state index contributed by atoms with van der Waals surface area (Å²) in [5.41, 5.74) is 0.549. The third-order valence-electron chi connectivity index (χ3n) is 3.08. The van der Waals surface area contributed by atoms with Gasteiger partial charge in [0.25, 0.3) is 0 Å². The van der Waals surface area contributed by atoms with E-state index >= 15 is 0 Å². The molecule has 0 heterocycles. The highest BCUT2D eigenvalue weighted by Crippen LogP contribution is 2.21. The van der Waals surface area contributed by atoms with Gasteiger partial charge in [0.15, 0.2) is 11.7 Å². The lowest BCUT2D eigenvalue weighted by Gasteiger charge is -2.18. The van der Waals surface area contributed by atoms with Crippen LogP contribution in [0.1, 0.15) is 23.7 Å². The summed E-state index contributed by atoms with van der Waals surface area (Å²) < 4.78 is 9.19. The van der Waals surface area contributed by atoms with Gasteiger partial charge in [0.2, 0.25) is 0 Å². The minimum Gasteiger partial charge on any atom is -0.468 e. The predicted molar refractivity (Wildman–Crippen MR) is 72.1 cm³/mol. The van der Waals surface area contributed by atoms with Crippen LogP contribution in [0.15, 0.2) is 30.3 Å². The molecule has 0 aliphatic rings. The summed E-state index contributed by atoms with van der Waals surface area (Å²) in [6.45, 7) is 1.65. The number of ether oxygens (including phenoxy) is 2. The normalized spacial score (nSPS) is 11.8. The Bertz CT molecular complexity index is 464. The number of carbonyl (C=O) groups excluding carboxylic acids is 3. The summed E-state index contributed by atoms with van der Waals surface area (Å²) in [7, 11) is 2.40. The summed E-state index contributed by atoms with van der Waals surface area (Å²) in [6, 6.07) is 8.72. The van der Waals surface area contributed by atoms with E-state index in [0.29, 0.717) is 5.56 Å². The molecule has 0 spiro atoms. The predicted octanol–water partition coefficient (Wildman–Crippen LogP) is 1.86. The Morgan fingerprint density at radius 2 is 1.50 bits per heavy atom. The Kier molecular flexibility index (Phi) is 5.90. The minimum atomic E-state index is -1.09. The van der Waals surface area contributed by atoms with Crippen molar-refractivity contribution in [3.8, 4) is 0 Å². The molecule has 0 aromatic heterocycles. The molecule has 0 radical (unpaired) electrons. The first-order valence-corrected chi connectivity index (χ1v) is 6.25. The van der Waals surface area contributed by atoms with Crippen LogP contribution in [0.3, 0.4) is 0 Å². The number of methoxy groups -OCH3 is 2. The fourth-order valence-electron chi connectivity index (χ4n) is 1.97. The third-order valence-corrected chi connectivity index (χ3v) is 3.08. The molecule has 1 rings (SSSR count). The van der Waals surface area contributed by atoms with Crippen molar-refractivity contribution in [2.75, 3.05) is 14.2 Å². The molecular formula is C15H18O5. The van der Waals surface area contributed by atoms with Gasteiger partial charge >= 0.3 is 11.9 Å². The van der Waals surface area contributed by atoms with Crippen LogP contribution in [0, 0.1) is 11.8 Å². The Balaban J connectivity index is 2.81. The van der Waals surface area contributed by atoms with E-state index in [0.717, 1.165) is 0 Å². The van der Waals surface area contributed by atoms with Gasteiger partial charge in [-0.2, -0.15) is 0 Å². The van der Waals surface area contributed by atoms with Gasteiger partial charge in [0.1, 0.15) is 0 Å². The molecule has 0 fully saturated rings. The molecule has 0 amide bonds. The molecule has 0 aliphatic carbocycles. The minimum absolute atomic E-state index is 0.0683. The van der Waals surface area contributed by atoms with E-state index in [4.69, 9.17) is 0 Å². The molecule has 0 bridgehead atoms. The maximum absolute atomic E-state index is 12.1. The number of benzene rings is 1. The fraction of sp³-hybridized carbons (Fsp3) is 0.400. The average molecular weight is 278 g/mol. The highest BCUT2D eigenvalue weighted by atomic mass is 16.5. The molecule has 0 aliphatic heterocycles. The number of rotatable bonds is 6. The van der Waals surface area contributed by atoms with Crippen LogP contribution in [0.2, 0.25) is 0 Å². The van der Waals surface area contributed by atoms with Crippen molar-refractivity contribution < 1.29 is 23.9 Å². The second-order valence-electron chi connectivity index (χ2n) is 4.49. The molecule has 5 nitrogen and oxygen atoms in total. The smallest absolute Gasteiger partial charge is 0.320 e. The van der Waals surface area contributed by atoms with Crippen LogP contribution in [0.4, 0.5) is 0 Å². The molecule has 0 saturated heterocycles.